The Morgan fingerprint density at radius 3 is 2.20 bits per heavy atom. The van der Waals surface area contributed by atoms with Crippen LogP contribution in [0.5, 0.6) is 0 Å². The number of hydrogen-bond acceptors (Lipinski definition) is 1. The van der Waals surface area contributed by atoms with Gasteiger partial charge in [-0.2, -0.15) is 0 Å². The first-order valence-electron chi connectivity index (χ1n) is 7.13. The van der Waals surface area contributed by atoms with E-state index in [1.54, 1.807) is 0 Å². The molecule has 0 aliphatic heterocycles. The van der Waals surface area contributed by atoms with Crippen molar-refractivity contribution in [2.75, 3.05) is 6.54 Å². The maximum atomic E-state index is 3.73. The van der Waals surface area contributed by atoms with Gasteiger partial charge >= 0.3 is 0 Å². The molecule has 0 aromatic heterocycles. The summed E-state index contributed by atoms with van der Waals surface area (Å²) in [5, 5.41) is 3.73. The molecule has 0 radical (unpaired) electrons. The predicted octanol–water partition coefficient (Wildman–Crippen LogP) is 3.74. The summed E-state index contributed by atoms with van der Waals surface area (Å²) in [6.07, 6.45) is 13.2. The zero-order valence-electron chi connectivity index (χ0n) is 10.3. The van der Waals surface area contributed by atoms with Gasteiger partial charge in [0.25, 0.3) is 0 Å². The molecule has 0 amide bonds. The molecule has 1 unspecified atom stereocenters. The monoisotopic (exact) mass is 209 g/mol. The highest BCUT2D eigenvalue weighted by atomic mass is 14.9. The van der Waals surface area contributed by atoms with Crippen LogP contribution in [0.3, 0.4) is 0 Å². The first kappa shape index (κ1) is 11.4. The van der Waals surface area contributed by atoms with Gasteiger partial charge in [-0.25, -0.2) is 0 Å². The second-order valence-electron chi connectivity index (χ2n) is 5.60. The Morgan fingerprint density at radius 2 is 1.67 bits per heavy atom. The summed E-state index contributed by atoms with van der Waals surface area (Å²) in [5.41, 5.74) is 0. The topological polar surface area (TPSA) is 12.0 Å². The molecule has 2 rings (SSSR count). The van der Waals surface area contributed by atoms with Crippen LogP contribution in [0.15, 0.2) is 0 Å². The standard InChI is InChI=1S/C14H27N/c1-2-12(11-15-14-9-10-14)13-7-5-3-4-6-8-13/h12-15H,2-11H2,1H3. The molecule has 0 heterocycles. The zero-order valence-corrected chi connectivity index (χ0v) is 10.3. The van der Waals surface area contributed by atoms with Gasteiger partial charge < -0.3 is 5.32 Å². The van der Waals surface area contributed by atoms with E-state index in [0.717, 1.165) is 17.9 Å². The highest BCUT2D eigenvalue weighted by Crippen LogP contribution is 2.31. The molecule has 2 aliphatic rings. The van der Waals surface area contributed by atoms with Crippen LogP contribution in [0.25, 0.3) is 0 Å². The molecule has 1 N–H and O–H groups in total. The van der Waals surface area contributed by atoms with Gasteiger partial charge in [0.15, 0.2) is 0 Å². The minimum atomic E-state index is 0.893. The van der Waals surface area contributed by atoms with Gasteiger partial charge in [0, 0.05) is 6.04 Å². The van der Waals surface area contributed by atoms with Gasteiger partial charge in [0.1, 0.15) is 0 Å². The Balaban J connectivity index is 1.74. The smallest absolute Gasteiger partial charge is 0.00683 e. The largest absolute Gasteiger partial charge is 0.314 e. The Morgan fingerprint density at radius 1 is 1.00 bits per heavy atom. The Bertz CT molecular complexity index is 166. The van der Waals surface area contributed by atoms with E-state index in [4.69, 9.17) is 0 Å². The lowest BCUT2D eigenvalue weighted by molar-refractivity contribution is 0.278. The fourth-order valence-corrected chi connectivity index (χ4v) is 3.03. The molecule has 0 aromatic carbocycles. The molecule has 15 heavy (non-hydrogen) atoms. The third-order valence-corrected chi connectivity index (χ3v) is 4.34. The summed E-state index contributed by atoms with van der Waals surface area (Å²) in [7, 11) is 0. The molecular weight excluding hydrogens is 182 g/mol. The van der Waals surface area contributed by atoms with Crippen LogP contribution < -0.4 is 5.32 Å². The minimum absolute atomic E-state index is 0.893. The van der Waals surface area contributed by atoms with E-state index in [0.29, 0.717) is 0 Å². The first-order chi connectivity index (χ1) is 7.40. The molecule has 1 atom stereocenters. The molecule has 0 spiro atoms. The molecule has 0 saturated heterocycles. The van der Waals surface area contributed by atoms with E-state index in [-0.39, 0.29) is 0 Å². The average molecular weight is 209 g/mol. The van der Waals surface area contributed by atoms with Crippen molar-refractivity contribution in [3.8, 4) is 0 Å². The van der Waals surface area contributed by atoms with E-state index in [1.807, 2.05) is 0 Å². The number of nitrogens with one attached hydrogen (secondary N) is 1. The van der Waals surface area contributed by atoms with Crippen LogP contribution in [-0.4, -0.2) is 12.6 Å². The summed E-state index contributed by atoms with van der Waals surface area (Å²) in [6, 6.07) is 0.893. The van der Waals surface area contributed by atoms with Crippen LogP contribution >= 0.6 is 0 Å². The van der Waals surface area contributed by atoms with Crippen molar-refractivity contribution >= 4 is 0 Å². The predicted molar refractivity (Wildman–Crippen MR) is 66.0 cm³/mol. The molecule has 1 nitrogen and oxygen atoms in total. The SMILES string of the molecule is CCC(CNC1CC1)C1CCCCCC1. The van der Waals surface area contributed by atoms with Crippen LogP contribution in [0.2, 0.25) is 0 Å². The summed E-state index contributed by atoms with van der Waals surface area (Å²) < 4.78 is 0. The Hall–Kier alpha value is -0.0400. The van der Waals surface area contributed by atoms with Gasteiger partial charge in [0.2, 0.25) is 0 Å². The van der Waals surface area contributed by atoms with Gasteiger partial charge in [-0.15, -0.1) is 0 Å². The Labute approximate surface area is 95.0 Å². The third kappa shape index (κ3) is 3.79. The Kier molecular flexibility index (Phi) is 4.49. The van der Waals surface area contributed by atoms with Gasteiger partial charge in [0.05, 0.1) is 0 Å². The van der Waals surface area contributed by atoms with E-state index < -0.39 is 0 Å². The van der Waals surface area contributed by atoms with Crippen molar-refractivity contribution in [3.63, 3.8) is 0 Å². The summed E-state index contributed by atoms with van der Waals surface area (Å²) >= 11 is 0. The van der Waals surface area contributed by atoms with Gasteiger partial charge in [-0.1, -0.05) is 51.9 Å². The van der Waals surface area contributed by atoms with Gasteiger partial charge in [-0.3, -0.25) is 0 Å². The molecule has 2 aliphatic carbocycles. The maximum absolute atomic E-state index is 3.73. The maximum Gasteiger partial charge on any atom is 0.00683 e. The summed E-state index contributed by atoms with van der Waals surface area (Å²) in [4.78, 5) is 0. The third-order valence-electron chi connectivity index (χ3n) is 4.34. The van der Waals surface area contributed by atoms with Crippen LogP contribution in [0.4, 0.5) is 0 Å². The molecule has 88 valence electrons. The van der Waals surface area contributed by atoms with E-state index in [9.17, 15) is 0 Å². The van der Waals surface area contributed by atoms with E-state index in [2.05, 4.69) is 12.2 Å². The summed E-state index contributed by atoms with van der Waals surface area (Å²) in [5.74, 6) is 1.99. The fourth-order valence-electron chi connectivity index (χ4n) is 3.03. The van der Waals surface area contributed by atoms with Crippen LogP contribution in [-0.2, 0) is 0 Å². The van der Waals surface area contributed by atoms with Crippen molar-refractivity contribution < 1.29 is 0 Å². The molecular formula is C14H27N. The van der Waals surface area contributed by atoms with Crippen LogP contribution in [0, 0.1) is 11.8 Å². The molecule has 0 bridgehead atoms. The zero-order chi connectivity index (χ0) is 10.5. The molecule has 1 heteroatoms. The summed E-state index contributed by atoms with van der Waals surface area (Å²) in [6.45, 7) is 3.68. The highest BCUT2D eigenvalue weighted by molar-refractivity contribution is 4.83. The number of hydrogen-bond donors (Lipinski definition) is 1. The molecule has 2 saturated carbocycles. The minimum Gasteiger partial charge on any atom is -0.314 e. The first-order valence-corrected chi connectivity index (χ1v) is 7.13. The normalized spacial score (nSPS) is 26.2. The number of rotatable bonds is 5. The van der Waals surface area contributed by atoms with Gasteiger partial charge in [-0.05, 0) is 31.2 Å². The lowest BCUT2D eigenvalue weighted by atomic mass is 9.84. The van der Waals surface area contributed by atoms with Crippen molar-refractivity contribution in [2.24, 2.45) is 11.8 Å². The quantitative estimate of drug-likeness (QED) is 0.680. The van der Waals surface area contributed by atoms with Crippen molar-refractivity contribution in [2.45, 2.75) is 70.8 Å². The van der Waals surface area contributed by atoms with E-state index >= 15 is 0 Å². The van der Waals surface area contributed by atoms with E-state index in [1.165, 1.54) is 64.3 Å². The lowest BCUT2D eigenvalue weighted by Crippen LogP contribution is -2.29. The van der Waals surface area contributed by atoms with Crippen molar-refractivity contribution in [3.05, 3.63) is 0 Å². The second-order valence-corrected chi connectivity index (χ2v) is 5.60. The lowest BCUT2D eigenvalue weighted by Gasteiger charge is -2.25. The molecule has 2 fully saturated rings. The molecule has 0 aromatic rings. The highest BCUT2D eigenvalue weighted by Gasteiger charge is 2.25. The average Bonchev–Trinajstić information content (AvgIpc) is 3.05. The second kappa shape index (κ2) is 5.89. The van der Waals surface area contributed by atoms with Crippen LogP contribution in [0.1, 0.15) is 64.7 Å². The fraction of sp³-hybridized carbons (Fsp3) is 1.00. The van der Waals surface area contributed by atoms with Crippen molar-refractivity contribution in [1.29, 1.82) is 0 Å². The van der Waals surface area contributed by atoms with Crippen molar-refractivity contribution in [1.82, 2.24) is 5.32 Å².